The number of urea groups is 1. The normalized spacial score (nSPS) is 10.4. The lowest BCUT2D eigenvalue weighted by atomic mass is 10.2. The standard InChI is InChI=1S/C13H17N3O/c1-2-3-8-15-13(17)16-11-6-4-5-10-7-9-14-12(10)11/h4-7,9,14H,2-3,8H2,1H3,(H2,15,16,17). The van der Waals surface area contributed by atoms with Gasteiger partial charge in [0.1, 0.15) is 0 Å². The molecule has 0 unspecified atom stereocenters. The van der Waals surface area contributed by atoms with Crippen molar-refractivity contribution in [1.29, 1.82) is 0 Å². The van der Waals surface area contributed by atoms with E-state index < -0.39 is 0 Å². The Kier molecular flexibility index (Phi) is 3.65. The molecule has 17 heavy (non-hydrogen) atoms. The van der Waals surface area contributed by atoms with Crippen molar-refractivity contribution in [2.45, 2.75) is 19.8 Å². The van der Waals surface area contributed by atoms with E-state index in [4.69, 9.17) is 0 Å². The van der Waals surface area contributed by atoms with E-state index >= 15 is 0 Å². The van der Waals surface area contributed by atoms with Crippen molar-refractivity contribution in [1.82, 2.24) is 10.3 Å². The number of benzene rings is 1. The smallest absolute Gasteiger partial charge is 0.319 e. The molecule has 1 heterocycles. The van der Waals surface area contributed by atoms with Crippen LogP contribution in [0.1, 0.15) is 19.8 Å². The van der Waals surface area contributed by atoms with Gasteiger partial charge in [-0.2, -0.15) is 0 Å². The number of para-hydroxylation sites is 1. The Morgan fingerprint density at radius 2 is 2.24 bits per heavy atom. The zero-order valence-electron chi connectivity index (χ0n) is 9.92. The highest BCUT2D eigenvalue weighted by atomic mass is 16.2. The summed E-state index contributed by atoms with van der Waals surface area (Å²) in [6, 6.07) is 7.65. The molecule has 2 rings (SSSR count). The minimum Gasteiger partial charge on any atom is -0.359 e. The zero-order valence-corrected chi connectivity index (χ0v) is 9.92. The minimum absolute atomic E-state index is 0.152. The summed E-state index contributed by atoms with van der Waals surface area (Å²) >= 11 is 0. The van der Waals surface area contributed by atoms with Crippen LogP contribution in [0.4, 0.5) is 10.5 Å². The van der Waals surface area contributed by atoms with Gasteiger partial charge < -0.3 is 15.6 Å². The van der Waals surface area contributed by atoms with Gasteiger partial charge in [-0.05, 0) is 18.6 Å². The van der Waals surface area contributed by atoms with Crippen molar-refractivity contribution in [3.05, 3.63) is 30.5 Å². The molecular weight excluding hydrogens is 214 g/mol. The van der Waals surface area contributed by atoms with Crippen LogP contribution >= 0.6 is 0 Å². The van der Waals surface area contributed by atoms with Crippen LogP contribution in [-0.2, 0) is 0 Å². The number of nitrogens with one attached hydrogen (secondary N) is 3. The number of rotatable bonds is 4. The van der Waals surface area contributed by atoms with Crippen LogP contribution in [0.25, 0.3) is 10.9 Å². The van der Waals surface area contributed by atoms with E-state index in [9.17, 15) is 4.79 Å². The third-order valence-corrected chi connectivity index (χ3v) is 2.65. The van der Waals surface area contributed by atoms with Gasteiger partial charge in [-0.3, -0.25) is 0 Å². The topological polar surface area (TPSA) is 56.9 Å². The first kappa shape index (κ1) is 11.5. The van der Waals surface area contributed by atoms with Gasteiger partial charge in [0, 0.05) is 18.1 Å². The average molecular weight is 231 g/mol. The molecule has 0 aliphatic heterocycles. The first-order valence-electron chi connectivity index (χ1n) is 5.92. The van der Waals surface area contributed by atoms with Crippen molar-refractivity contribution in [2.75, 3.05) is 11.9 Å². The maximum absolute atomic E-state index is 11.6. The molecule has 0 fully saturated rings. The summed E-state index contributed by atoms with van der Waals surface area (Å²) in [5, 5.41) is 6.77. The summed E-state index contributed by atoms with van der Waals surface area (Å²) in [6.45, 7) is 2.81. The molecule has 0 spiro atoms. The maximum Gasteiger partial charge on any atom is 0.319 e. The Morgan fingerprint density at radius 3 is 3.06 bits per heavy atom. The van der Waals surface area contributed by atoms with E-state index in [2.05, 4.69) is 22.5 Å². The number of amides is 2. The molecule has 0 radical (unpaired) electrons. The van der Waals surface area contributed by atoms with Crippen LogP contribution in [-0.4, -0.2) is 17.6 Å². The molecular formula is C13H17N3O. The summed E-state index contributed by atoms with van der Waals surface area (Å²) < 4.78 is 0. The highest BCUT2D eigenvalue weighted by Gasteiger charge is 2.04. The van der Waals surface area contributed by atoms with Crippen LogP contribution in [0.2, 0.25) is 0 Å². The predicted octanol–water partition coefficient (Wildman–Crippen LogP) is 3.09. The quantitative estimate of drug-likeness (QED) is 0.696. The van der Waals surface area contributed by atoms with E-state index in [0.29, 0.717) is 6.54 Å². The molecule has 90 valence electrons. The number of aromatic nitrogens is 1. The molecule has 0 aliphatic rings. The Labute approximate surface area is 100 Å². The number of unbranched alkanes of at least 4 members (excludes halogenated alkanes) is 1. The van der Waals surface area contributed by atoms with Crippen LogP contribution in [0, 0.1) is 0 Å². The van der Waals surface area contributed by atoms with Gasteiger partial charge in [0.15, 0.2) is 0 Å². The lowest BCUT2D eigenvalue weighted by molar-refractivity contribution is 0.252. The van der Waals surface area contributed by atoms with E-state index in [-0.39, 0.29) is 6.03 Å². The van der Waals surface area contributed by atoms with Gasteiger partial charge in [0.2, 0.25) is 0 Å². The lowest BCUT2D eigenvalue weighted by Crippen LogP contribution is -2.29. The molecule has 1 aromatic heterocycles. The molecule has 0 atom stereocenters. The van der Waals surface area contributed by atoms with Gasteiger partial charge in [0.05, 0.1) is 11.2 Å². The number of anilines is 1. The largest absolute Gasteiger partial charge is 0.359 e. The van der Waals surface area contributed by atoms with Gasteiger partial charge in [0.25, 0.3) is 0 Å². The van der Waals surface area contributed by atoms with E-state index in [1.807, 2.05) is 30.5 Å². The molecule has 4 nitrogen and oxygen atoms in total. The highest BCUT2D eigenvalue weighted by Crippen LogP contribution is 2.21. The summed E-state index contributed by atoms with van der Waals surface area (Å²) in [5.41, 5.74) is 1.76. The fourth-order valence-corrected chi connectivity index (χ4v) is 1.73. The van der Waals surface area contributed by atoms with Gasteiger partial charge >= 0.3 is 6.03 Å². The number of H-pyrrole nitrogens is 1. The van der Waals surface area contributed by atoms with Crippen LogP contribution in [0.5, 0.6) is 0 Å². The number of hydrogen-bond acceptors (Lipinski definition) is 1. The predicted molar refractivity (Wildman–Crippen MR) is 70.2 cm³/mol. The van der Waals surface area contributed by atoms with Crippen molar-refractivity contribution >= 4 is 22.6 Å². The molecule has 4 heteroatoms. The molecule has 1 aromatic carbocycles. The fraction of sp³-hybridized carbons (Fsp3) is 0.308. The zero-order chi connectivity index (χ0) is 12.1. The Balaban J connectivity index is 2.03. The monoisotopic (exact) mass is 231 g/mol. The number of carbonyl (C=O) groups excluding carboxylic acids is 1. The summed E-state index contributed by atoms with van der Waals surface area (Å²) in [6.07, 6.45) is 3.94. The lowest BCUT2D eigenvalue weighted by Gasteiger charge is -2.07. The number of carbonyl (C=O) groups is 1. The minimum atomic E-state index is -0.152. The molecule has 2 amide bonds. The Morgan fingerprint density at radius 1 is 1.35 bits per heavy atom. The second-order valence-electron chi connectivity index (χ2n) is 3.98. The molecule has 0 saturated carbocycles. The molecule has 0 saturated heterocycles. The Bertz CT molecular complexity index is 504. The van der Waals surface area contributed by atoms with Gasteiger partial charge in [-0.15, -0.1) is 0 Å². The van der Waals surface area contributed by atoms with E-state index in [0.717, 1.165) is 29.4 Å². The summed E-state index contributed by atoms with van der Waals surface area (Å²) in [5.74, 6) is 0. The van der Waals surface area contributed by atoms with Crippen LogP contribution in [0.3, 0.4) is 0 Å². The highest BCUT2D eigenvalue weighted by molar-refractivity contribution is 5.99. The molecule has 0 bridgehead atoms. The SMILES string of the molecule is CCCCNC(=O)Nc1cccc2cc[nH]c12. The average Bonchev–Trinajstić information content (AvgIpc) is 2.78. The Hall–Kier alpha value is -1.97. The van der Waals surface area contributed by atoms with E-state index in [1.165, 1.54) is 0 Å². The number of hydrogen-bond donors (Lipinski definition) is 3. The molecule has 2 aromatic rings. The summed E-state index contributed by atoms with van der Waals surface area (Å²) in [4.78, 5) is 14.7. The van der Waals surface area contributed by atoms with Crippen LogP contribution < -0.4 is 10.6 Å². The first-order valence-corrected chi connectivity index (χ1v) is 5.92. The number of aromatic amines is 1. The number of fused-ring (bicyclic) bond motifs is 1. The van der Waals surface area contributed by atoms with Gasteiger partial charge in [-0.25, -0.2) is 4.79 Å². The fourth-order valence-electron chi connectivity index (χ4n) is 1.73. The maximum atomic E-state index is 11.6. The van der Waals surface area contributed by atoms with Crippen molar-refractivity contribution in [3.63, 3.8) is 0 Å². The third kappa shape index (κ3) is 2.78. The van der Waals surface area contributed by atoms with Crippen molar-refractivity contribution in [2.24, 2.45) is 0 Å². The first-order chi connectivity index (χ1) is 8.31. The second kappa shape index (κ2) is 5.39. The van der Waals surface area contributed by atoms with Crippen molar-refractivity contribution in [3.8, 4) is 0 Å². The van der Waals surface area contributed by atoms with E-state index in [1.54, 1.807) is 0 Å². The third-order valence-electron chi connectivity index (χ3n) is 2.65. The van der Waals surface area contributed by atoms with Crippen LogP contribution in [0.15, 0.2) is 30.5 Å². The van der Waals surface area contributed by atoms with Crippen molar-refractivity contribution < 1.29 is 4.79 Å². The second-order valence-corrected chi connectivity index (χ2v) is 3.98. The molecule has 3 N–H and O–H groups in total. The summed E-state index contributed by atoms with van der Waals surface area (Å²) in [7, 11) is 0. The molecule has 0 aliphatic carbocycles. The van der Waals surface area contributed by atoms with Gasteiger partial charge in [-0.1, -0.05) is 25.5 Å².